The number of aliphatic hydroxyl groups excluding tert-OH is 1. The van der Waals surface area contributed by atoms with E-state index >= 15 is 0 Å². The molecule has 2 saturated heterocycles. The lowest BCUT2D eigenvalue weighted by Crippen LogP contribution is -2.64. The first-order valence-electron chi connectivity index (χ1n) is 19.1. The fourth-order valence-electron chi connectivity index (χ4n) is 6.65. The highest BCUT2D eigenvalue weighted by atomic mass is 16.8. The predicted molar refractivity (Wildman–Crippen MR) is 209 cm³/mol. The molecule has 0 spiro atoms. The summed E-state index contributed by atoms with van der Waals surface area (Å²) in [5.41, 5.74) is 0.729. The van der Waals surface area contributed by atoms with E-state index in [4.69, 9.17) is 37.9 Å². The second-order valence-electron chi connectivity index (χ2n) is 13.8. The minimum Gasteiger partial charge on any atom is -0.452 e. The molecule has 0 aromatic heterocycles. The molecule has 0 saturated carbocycles. The Labute approximate surface area is 344 Å². The van der Waals surface area contributed by atoms with Gasteiger partial charge in [0.05, 0.1) is 40.5 Å². The smallest absolute Gasteiger partial charge is 0.338 e. The molecule has 14 nitrogen and oxygen atoms in total. The van der Waals surface area contributed by atoms with Crippen molar-refractivity contribution >= 4 is 29.8 Å². The SMILES string of the molecule is C[C@@H]1O[C@@H](O[C@@H]2[C@@H](OC(=O)c3ccccc3)[C@@H](OC(=O)c3ccccc3)CO[C@@H]2O)[C@H](OC(=O)c2ccccc2)[C@H](OC(=O)c2ccccc2)[C@H]1OC(=O)c1ccccc1. The van der Waals surface area contributed by atoms with E-state index in [0.29, 0.717) is 0 Å². The monoisotopic (exact) mass is 816 g/mol. The molecule has 2 heterocycles. The molecular formula is C46H40O14. The Kier molecular flexibility index (Phi) is 13.4. The lowest BCUT2D eigenvalue weighted by Gasteiger charge is -2.46. The number of esters is 5. The second-order valence-corrected chi connectivity index (χ2v) is 13.8. The number of hydrogen-bond acceptors (Lipinski definition) is 14. The number of hydrogen-bond donors (Lipinski definition) is 1. The van der Waals surface area contributed by atoms with E-state index in [0.717, 1.165) is 0 Å². The van der Waals surface area contributed by atoms with Crippen molar-refractivity contribution in [3.63, 3.8) is 0 Å². The topological polar surface area (TPSA) is 179 Å². The van der Waals surface area contributed by atoms with E-state index in [-0.39, 0.29) is 27.8 Å². The van der Waals surface area contributed by atoms with Crippen LogP contribution in [0.1, 0.15) is 58.7 Å². The summed E-state index contributed by atoms with van der Waals surface area (Å²) in [6.45, 7) is 1.10. The Morgan fingerprint density at radius 3 is 1.18 bits per heavy atom. The Hall–Kier alpha value is -6.71. The van der Waals surface area contributed by atoms with Crippen LogP contribution >= 0.6 is 0 Å². The van der Waals surface area contributed by atoms with Crippen LogP contribution in [0.15, 0.2) is 152 Å². The Morgan fingerprint density at radius 1 is 0.450 bits per heavy atom. The second kappa shape index (κ2) is 19.4. The summed E-state index contributed by atoms with van der Waals surface area (Å²) in [6.07, 6.45) is -14.0. The standard InChI is InChI=1S/C46H40O14/c1-28-35(56-41(48)30-19-9-3-10-20-30)37(58-43(50)32-23-13-5-14-24-32)39(59-44(51)33-25-15-6-16-26-33)46(54-28)60-38-36(57-42(49)31-21-11-4-12-22-31)34(27-53-45(38)52)55-40(47)29-17-7-2-8-18-29/h2-26,28,34-39,45-46,52H,27H2,1H3/t28-,34-,35-,36-,37+,38+,39+,45-,46-/m0/s1. The molecule has 14 heteroatoms. The van der Waals surface area contributed by atoms with Gasteiger partial charge in [-0.05, 0) is 67.6 Å². The van der Waals surface area contributed by atoms with Crippen molar-refractivity contribution in [2.24, 2.45) is 0 Å². The van der Waals surface area contributed by atoms with Crippen LogP contribution in [0.4, 0.5) is 0 Å². The van der Waals surface area contributed by atoms with Gasteiger partial charge in [-0.1, -0.05) is 91.0 Å². The average Bonchev–Trinajstić information content (AvgIpc) is 3.29. The van der Waals surface area contributed by atoms with E-state index in [2.05, 4.69) is 0 Å². The van der Waals surface area contributed by atoms with Gasteiger partial charge in [0.1, 0.15) is 0 Å². The van der Waals surface area contributed by atoms with E-state index in [1.165, 1.54) is 67.6 Å². The van der Waals surface area contributed by atoms with Gasteiger partial charge in [-0.2, -0.15) is 0 Å². The minimum atomic E-state index is -1.84. The lowest BCUT2D eigenvalue weighted by atomic mass is 9.97. The van der Waals surface area contributed by atoms with Gasteiger partial charge in [-0.15, -0.1) is 0 Å². The van der Waals surface area contributed by atoms with Gasteiger partial charge >= 0.3 is 29.8 Å². The summed E-state index contributed by atoms with van der Waals surface area (Å²) >= 11 is 0. The number of benzene rings is 5. The van der Waals surface area contributed by atoms with Gasteiger partial charge in [-0.25, -0.2) is 24.0 Å². The van der Waals surface area contributed by atoms with E-state index in [1.807, 2.05) is 0 Å². The molecule has 7 rings (SSSR count). The van der Waals surface area contributed by atoms with Gasteiger partial charge in [0.2, 0.25) is 0 Å². The molecule has 2 aliphatic heterocycles. The van der Waals surface area contributed by atoms with Crippen LogP contribution in [0.3, 0.4) is 0 Å². The maximum absolute atomic E-state index is 13.8. The van der Waals surface area contributed by atoms with Crippen molar-refractivity contribution in [3.8, 4) is 0 Å². The number of carbonyl (C=O) groups excluding carboxylic acids is 5. The first-order valence-corrected chi connectivity index (χ1v) is 19.1. The maximum Gasteiger partial charge on any atom is 0.338 e. The molecule has 5 aromatic carbocycles. The van der Waals surface area contributed by atoms with Crippen LogP contribution in [0.2, 0.25) is 0 Å². The molecule has 60 heavy (non-hydrogen) atoms. The fourth-order valence-corrected chi connectivity index (χ4v) is 6.65. The van der Waals surface area contributed by atoms with Gasteiger partial charge in [-0.3, -0.25) is 0 Å². The number of aliphatic hydroxyl groups is 1. The molecule has 2 fully saturated rings. The minimum absolute atomic E-state index is 0.101. The van der Waals surface area contributed by atoms with Crippen molar-refractivity contribution in [2.45, 2.75) is 62.2 Å². The Morgan fingerprint density at radius 2 is 0.783 bits per heavy atom. The highest BCUT2D eigenvalue weighted by molar-refractivity contribution is 5.92. The highest BCUT2D eigenvalue weighted by Gasteiger charge is 2.55. The number of ether oxygens (including phenoxy) is 8. The molecule has 308 valence electrons. The summed E-state index contributed by atoms with van der Waals surface area (Å²) in [7, 11) is 0. The summed E-state index contributed by atoms with van der Waals surface area (Å²) in [4.78, 5) is 68.1. The summed E-state index contributed by atoms with van der Waals surface area (Å²) in [6, 6.07) is 39.9. The first kappa shape index (κ1) is 41.4. The number of carbonyl (C=O) groups is 5. The first-order chi connectivity index (χ1) is 29.2. The summed E-state index contributed by atoms with van der Waals surface area (Å²) in [5, 5.41) is 11.4. The van der Waals surface area contributed by atoms with Crippen molar-refractivity contribution in [1.29, 1.82) is 0 Å². The molecule has 2 aliphatic rings. The van der Waals surface area contributed by atoms with E-state index in [1.54, 1.807) is 91.0 Å². The largest absolute Gasteiger partial charge is 0.452 e. The molecule has 0 radical (unpaired) electrons. The van der Waals surface area contributed by atoms with Crippen LogP contribution in [-0.2, 0) is 37.9 Å². The zero-order chi connectivity index (χ0) is 42.0. The third-order valence-electron chi connectivity index (χ3n) is 9.70. The molecule has 0 aliphatic carbocycles. The normalized spacial score (nSPS) is 24.9. The molecular weight excluding hydrogens is 776 g/mol. The van der Waals surface area contributed by atoms with Crippen LogP contribution in [0.25, 0.3) is 0 Å². The third kappa shape index (κ3) is 9.93. The quantitative estimate of drug-likeness (QED) is 0.122. The average molecular weight is 817 g/mol. The van der Waals surface area contributed by atoms with Gasteiger partial charge in [0.15, 0.2) is 49.2 Å². The fraction of sp³-hybridized carbons (Fsp3) is 0.239. The molecule has 1 N–H and O–H groups in total. The van der Waals surface area contributed by atoms with Crippen molar-refractivity contribution in [2.75, 3.05) is 6.61 Å². The summed E-state index contributed by atoms with van der Waals surface area (Å²) < 4.78 is 48.1. The molecule has 0 bridgehead atoms. The molecule has 5 aromatic rings. The van der Waals surface area contributed by atoms with E-state index < -0.39 is 91.8 Å². The van der Waals surface area contributed by atoms with Crippen LogP contribution in [-0.4, -0.2) is 96.9 Å². The Balaban J connectivity index is 1.26. The third-order valence-corrected chi connectivity index (χ3v) is 9.70. The molecule has 9 atom stereocenters. The van der Waals surface area contributed by atoms with Crippen LogP contribution < -0.4 is 0 Å². The summed E-state index contributed by atoms with van der Waals surface area (Å²) in [5.74, 6) is -4.19. The van der Waals surface area contributed by atoms with Crippen molar-refractivity contribution in [3.05, 3.63) is 179 Å². The molecule has 0 amide bonds. The Bertz CT molecular complexity index is 2220. The zero-order valence-electron chi connectivity index (χ0n) is 32.1. The van der Waals surface area contributed by atoms with Crippen molar-refractivity contribution < 1.29 is 67.0 Å². The predicted octanol–water partition coefficient (Wildman–Crippen LogP) is 5.59. The zero-order valence-corrected chi connectivity index (χ0v) is 32.1. The van der Waals surface area contributed by atoms with Gasteiger partial charge in [0.25, 0.3) is 0 Å². The van der Waals surface area contributed by atoms with Crippen LogP contribution in [0.5, 0.6) is 0 Å². The molecule has 0 unspecified atom stereocenters. The highest BCUT2D eigenvalue weighted by Crippen LogP contribution is 2.34. The van der Waals surface area contributed by atoms with Crippen LogP contribution in [0, 0.1) is 0 Å². The van der Waals surface area contributed by atoms with Gasteiger partial charge < -0.3 is 43.0 Å². The number of rotatable bonds is 12. The van der Waals surface area contributed by atoms with E-state index in [9.17, 15) is 29.1 Å². The lowest BCUT2D eigenvalue weighted by molar-refractivity contribution is -0.345. The maximum atomic E-state index is 13.8. The van der Waals surface area contributed by atoms with Gasteiger partial charge in [0, 0.05) is 0 Å². The van der Waals surface area contributed by atoms with Crippen molar-refractivity contribution in [1.82, 2.24) is 0 Å².